The lowest BCUT2D eigenvalue weighted by atomic mass is 10.2. The molecule has 0 aromatic carbocycles. The third kappa shape index (κ3) is 2.57. The molecule has 0 unspecified atom stereocenters. The number of nitrogens with zero attached hydrogens (tertiary/aromatic N) is 5. The summed E-state index contributed by atoms with van der Waals surface area (Å²) in [6, 6.07) is 1.51. The van der Waals surface area contributed by atoms with Crippen molar-refractivity contribution in [3.63, 3.8) is 0 Å². The summed E-state index contributed by atoms with van der Waals surface area (Å²) in [5, 5.41) is 4.12. The summed E-state index contributed by atoms with van der Waals surface area (Å²) >= 11 is 0. The first-order valence-electron chi connectivity index (χ1n) is 6.66. The minimum Gasteiger partial charge on any atom is -0.340 e. The van der Waals surface area contributed by atoms with Gasteiger partial charge in [0, 0.05) is 51.1 Å². The number of aryl methyl sites for hydroxylation is 1. The maximum atomic E-state index is 11.8. The Bertz CT molecular complexity index is 653. The summed E-state index contributed by atoms with van der Waals surface area (Å²) in [6.07, 6.45) is 3.57. The molecule has 3 rings (SSSR count). The highest BCUT2D eigenvalue weighted by Crippen LogP contribution is 2.17. The lowest BCUT2D eigenvalue weighted by Crippen LogP contribution is -2.45. The Balaban J connectivity index is 1.93. The molecule has 0 spiro atoms. The van der Waals surface area contributed by atoms with E-state index in [9.17, 15) is 4.79 Å². The molecule has 1 saturated heterocycles. The van der Waals surface area contributed by atoms with Gasteiger partial charge in [-0.15, -0.1) is 0 Å². The van der Waals surface area contributed by atoms with Gasteiger partial charge in [0.1, 0.15) is 0 Å². The molecule has 1 fully saturated rings. The molecule has 20 heavy (non-hydrogen) atoms. The first-order valence-corrected chi connectivity index (χ1v) is 6.66. The Hall–Kier alpha value is -2.15. The molecule has 0 amide bonds. The fourth-order valence-electron chi connectivity index (χ4n) is 2.31. The van der Waals surface area contributed by atoms with Crippen molar-refractivity contribution in [1.82, 2.24) is 24.6 Å². The minimum atomic E-state index is -0.132. The molecule has 2 aromatic rings. The monoisotopic (exact) mass is 274 g/mol. The highest BCUT2D eigenvalue weighted by molar-refractivity contribution is 5.58. The number of anilines is 1. The molecule has 0 atom stereocenters. The SMILES string of the molecule is CN1CCN(c2nc(-c3cnn(C)c3)cc(=O)[nH]2)CC1. The van der Waals surface area contributed by atoms with Crippen molar-refractivity contribution >= 4 is 5.95 Å². The second-order valence-electron chi connectivity index (χ2n) is 5.15. The summed E-state index contributed by atoms with van der Waals surface area (Å²) in [6.45, 7) is 3.69. The predicted octanol–water partition coefficient (Wildman–Crippen LogP) is -0.0778. The van der Waals surface area contributed by atoms with E-state index in [1.807, 2.05) is 13.2 Å². The van der Waals surface area contributed by atoms with Crippen LogP contribution >= 0.6 is 0 Å². The van der Waals surface area contributed by atoms with Crippen molar-refractivity contribution in [2.24, 2.45) is 7.05 Å². The number of aromatic amines is 1. The van der Waals surface area contributed by atoms with Crippen molar-refractivity contribution in [3.05, 3.63) is 28.8 Å². The largest absolute Gasteiger partial charge is 0.340 e. The van der Waals surface area contributed by atoms with Gasteiger partial charge in [-0.05, 0) is 7.05 Å². The molecule has 0 aliphatic carbocycles. The number of likely N-dealkylation sites (N-methyl/N-ethyl adjacent to an activating group) is 1. The van der Waals surface area contributed by atoms with E-state index in [0.717, 1.165) is 31.7 Å². The minimum absolute atomic E-state index is 0.132. The van der Waals surface area contributed by atoms with Gasteiger partial charge in [0.2, 0.25) is 5.95 Å². The third-order valence-corrected chi connectivity index (χ3v) is 3.53. The normalized spacial score (nSPS) is 16.6. The van der Waals surface area contributed by atoms with Crippen molar-refractivity contribution < 1.29 is 0 Å². The van der Waals surface area contributed by atoms with Crippen LogP contribution in [0.4, 0.5) is 5.95 Å². The topological polar surface area (TPSA) is 70.1 Å². The first kappa shape index (κ1) is 12.9. The summed E-state index contributed by atoms with van der Waals surface area (Å²) in [4.78, 5) is 23.6. The summed E-state index contributed by atoms with van der Waals surface area (Å²) in [7, 11) is 3.94. The van der Waals surface area contributed by atoms with Gasteiger partial charge in [0.25, 0.3) is 5.56 Å². The zero-order valence-electron chi connectivity index (χ0n) is 11.7. The van der Waals surface area contributed by atoms with Crippen LogP contribution in [0.1, 0.15) is 0 Å². The molecule has 1 N–H and O–H groups in total. The van der Waals surface area contributed by atoms with Gasteiger partial charge in [0.15, 0.2) is 0 Å². The van der Waals surface area contributed by atoms with Crippen LogP contribution in [0.2, 0.25) is 0 Å². The molecular formula is C13H18N6O. The predicted molar refractivity (Wildman–Crippen MR) is 76.8 cm³/mol. The Morgan fingerprint density at radius 2 is 1.95 bits per heavy atom. The molecule has 1 aliphatic heterocycles. The molecule has 0 bridgehead atoms. The quantitative estimate of drug-likeness (QED) is 0.829. The number of piperazine rings is 1. The molecule has 106 valence electrons. The fraction of sp³-hybridized carbons (Fsp3) is 0.462. The Kier molecular flexibility index (Phi) is 3.27. The van der Waals surface area contributed by atoms with Gasteiger partial charge in [0.05, 0.1) is 11.9 Å². The number of nitrogens with one attached hydrogen (secondary N) is 1. The zero-order valence-corrected chi connectivity index (χ0v) is 11.7. The van der Waals surface area contributed by atoms with Gasteiger partial charge in [-0.1, -0.05) is 0 Å². The van der Waals surface area contributed by atoms with Crippen LogP contribution in [0, 0.1) is 0 Å². The zero-order chi connectivity index (χ0) is 14.1. The Morgan fingerprint density at radius 1 is 1.20 bits per heavy atom. The molecule has 1 aliphatic rings. The lowest BCUT2D eigenvalue weighted by molar-refractivity contribution is 0.311. The molecule has 2 aromatic heterocycles. The lowest BCUT2D eigenvalue weighted by Gasteiger charge is -2.32. The van der Waals surface area contributed by atoms with Crippen LogP contribution in [0.15, 0.2) is 23.3 Å². The van der Waals surface area contributed by atoms with E-state index in [-0.39, 0.29) is 5.56 Å². The molecule has 7 heteroatoms. The van der Waals surface area contributed by atoms with Crippen LogP contribution in [0.3, 0.4) is 0 Å². The second kappa shape index (κ2) is 5.09. The van der Waals surface area contributed by atoms with Crippen LogP contribution in [0.5, 0.6) is 0 Å². The van der Waals surface area contributed by atoms with Gasteiger partial charge >= 0.3 is 0 Å². The number of rotatable bonds is 2. The molecule has 3 heterocycles. The van der Waals surface area contributed by atoms with Crippen LogP contribution in [0.25, 0.3) is 11.3 Å². The number of H-pyrrole nitrogens is 1. The number of hydrogen-bond acceptors (Lipinski definition) is 5. The maximum Gasteiger partial charge on any atom is 0.252 e. The molecule has 7 nitrogen and oxygen atoms in total. The number of aromatic nitrogens is 4. The van der Waals surface area contributed by atoms with Crippen molar-refractivity contribution in [3.8, 4) is 11.3 Å². The van der Waals surface area contributed by atoms with Gasteiger partial charge in [-0.2, -0.15) is 5.10 Å². The van der Waals surface area contributed by atoms with E-state index in [4.69, 9.17) is 0 Å². The third-order valence-electron chi connectivity index (χ3n) is 3.53. The smallest absolute Gasteiger partial charge is 0.252 e. The fourth-order valence-corrected chi connectivity index (χ4v) is 2.31. The van der Waals surface area contributed by atoms with E-state index < -0.39 is 0 Å². The van der Waals surface area contributed by atoms with Crippen LogP contribution in [-0.2, 0) is 7.05 Å². The first-order chi connectivity index (χ1) is 9.61. The molecular weight excluding hydrogens is 256 g/mol. The standard InChI is InChI=1S/C13H18N6O/c1-17-3-5-19(6-4-17)13-15-11(7-12(20)16-13)10-8-14-18(2)9-10/h7-9H,3-6H2,1-2H3,(H,15,16,20). The maximum absolute atomic E-state index is 11.8. The van der Waals surface area contributed by atoms with Crippen molar-refractivity contribution in [2.45, 2.75) is 0 Å². The van der Waals surface area contributed by atoms with E-state index in [0.29, 0.717) is 11.6 Å². The average Bonchev–Trinajstić information content (AvgIpc) is 2.85. The van der Waals surface area contributed by atoms with E-state index in [2.05, 4.69) is 31.9 Å². The average molecular weight is 274 g/mol. The number of hydrogen-bond donors (Lipinski definition) is 1. The van der Waals surface area contributed by atoms with Gasteiger partial charge in [-0.3, -0.25) is 14.5 Å². The Morgan fingerprint density at radius 3 is 2.60 bits per heavy atom. The molecule has 0 radical (unpaired) electrons. The van der Waals surface area contributed by atoms with E-state index in [1.165, 1.54) is 6.07 Å². The summed E-state index contributed by atoms with van der Waals surface area (Å²) in [5.74, 6) is 0.643. The van der Waals surface area contributed by atoms with Gasteiger partial charge < -0.3 is 9.80 Å². The summed E-state index contributed by atoms with van der Waals surface area (Å²) in [5.41, 5.74) is 1.39. The van der Waals surface area contributed by atoms with Crippen molar-refractivity contribution in [1.29, 1.82) is 0 Å². The highest BCUT2D eigenvalue weighted by atomic mass is 16.1. The second-order valence-corrected chi connectivity index (χ2v) is 5.15. The Labute approximate surface area is 116 Å². The molecule has 0 saturated carbocycles. The summed E-state index contributed by atoms with van der Waals surface area (Å²) < 4.78 is 1.70. The van der Waals surface area contributed by atoms with Gasteiger partial charge in [-0.25, -0.2) is 4.98 Å². The van der Waals surface area contributed by atoms with E-state index >= 15 is 0 Å². The van der Waals surface area contributed by atoms with Crippen molar-refractivity contribution in [2.75, 3.05) is 38.1 Å². The van der Waals surface area contributed by atoms with E-state index in [1.54, 1.807) is 10.9 Å². The van der Waals surface area contributed by atoms with Crippen LogP contribution < -0.4 is 10.5 Å². The van der Waals surface area contributed by atoms with Crippen LogP contribution in [-0.4, -0.2) is 57.9 Å². The highest BCUT2D eigenvalue weighted by Gasteiger charge is 2.17.